The van der Waals surface area contributed by atoms with E-state index >= 15 is 0 Å². The van der Waals surface area contributed by atoms with Crippen LogP contribution in [0.1, 0.15) is 33.8 Å². The van der Waals surface area contributed by atoms with Gasteiger partial charge in [-0.1, -0.05) is 13.0 Å². The number of rotatable bonds is 4. The van der Waals surface area contributed by atoms with E-state index in [0.29, 0.717) is 17.8 Å². The van der Waals surface area contributed by atoms with Gasteiger partial charge in [0.15, 0.2) is 0 Å². The highest BCUT2D eigenvalue weighted by molar-refractivity contribution is 7.09. The number of amides is 1. The molecule has 3 N–H and O–H groups in total. The van der Waals surface area contributed by atoms with E-state index in [1.54, 1.807) is 35.7 Å². The lowest BCUT2D eigenvalue weighted by Crippen LogP contribution is -2.28. The van der Waals surface area contributed by atoms with Crippen LogP contribution < -0.4 is 11.1 Å². The summed E-state index contributed by atoms with van der Waals surface area (Å²) >= 11 is 1.60. The Balaban J connectivity index is 2.00. The highest BCUT2D eigenvalue weighted by Gasteiger charge is 2.13. The van der Waals surface area contributed by atoms with Gasteiger partial charge < -0.3 is 11.1 Å². The maximum Gasteiger partial charge on any atom is 0.251 e. The van der Waals surface area contributed by atoms with E-state index in [1.165, 1.54) is 0 Å². The highest BCUT2D eigenvalue weighted by atomic mass is 32.1. The van der Waals surface area contributed by atoms with Crippen molar-refractivity contribution in [2.24, 2.45) is 0 Å². The van der Waals surface area contributed by atoms with Crippen LogP contribution in [0, 0.1) is 6.92 Å². The SMILES string of the molecule is Cc1c(N)cccc1C(=O)NCC(C)c1nccs1. The molecule has 1 aromatic carbocycles. The number of nitrogen functional groups attached to an aromatic ring is 1. The molecule has 4 nitrogen and oxygen atoms in total. The zero-order valence-electron chi connectivity index (χ0n) is 11.0. The van der Waals surface area contributed by atoms with Crippen LogP contribution in [0.2, 0.25) is 0 Å². The number of hydrogen-bond acceptors (Lipinski definition) is 4. The third kappa shape index (κ3) is 3.12. The van der Waals surface area contributed by atoms with Gasteiger partial charge in [0.25, 0.3) is 5.91 Å². The molecule has 0 saturated heterocycles. The van der Waals surface area contributed by atoms with Crippen LogP contribution in [0.5, 0.6) is 0 Å². The maximum absolute atomic E-state index is 12.1. The molecule has 0 radical (unpaired) electrons. The fourth-order valence-electron chi connectivity index (χ4n) is 1.81. The van der Waals surface area contributed by atoms with Crippen molar-refractivity contribution in [3.63, 3.8) is 0 Å². The first-order chi connectivity index (χ1) is 9.09. The van der Waals surface area contributed by atoms with E-state index in [0.717, 1.165) is 10.6 Å². The minimum Gasteiger partial charge on any atom is -0.398 e. The van der Waals surface area contributed by atoms with E-state index in [1.807, 2.05) is 19.2 Å². The van der Waals surface area contributed by atoms with Crippen molar-refractivity contribution in [3.8, 4) is 0 Å². The zero-order chi connectivity index (χ0) is 13.8. The molecule has 1 unspecified atom stereocenters. The van der Waals surface area contributed by atoms with Gasteiger partial charge in [0.1, 0.15) is 0 Å². The predicted molar refractivity (Wildman–Crippen MR) is 78.5 cm³/mol. The van der Waals surface area contributed by atoms with Crippen molar-refractivity contribution >= 4 is 22.9 Å². The average Bonchev–Trinajstić information content (AvgIpc) is 2.93. The molecular formula is C14H17N3OS. The number of aromatic nitrogens is 1. The number of nitrogens with zero attached hydrogens (tertiary/aromatic N) is 1. The Labute approximate surface area is 116 Å². The fourth-order valence-corrected chi connectivity index (χ4v) is 2.50. The summed E-state index contributed by atoms with van der Waals surface area (Å²) in [5, 5.41) is 5.90. The number of anilines is 1. The van der Waals surface area contributed by atoms with Crippen molar-refractivity contribution in [1.82, 2.24) is 10.3 Å². The summed E-state index contributed by atoms with van der Waals surface area (Å²) in [6, 6.07) is 5.38. The summed E-state index contributed by atoms with van der Waals surface area (Å²) in [5.74, 6) is 0.124. The lowest BCUT2D eigenvalue weighted by Gasteiger charge is -2.12. The summed E-state index contributed by atoms with van der Waals surface area (Å²) in [5.41, 5.74) is 7.89. The van der Waals surface area contributed by atoms with Crippen molar-refractivity contribution in [2.75, 3.05) is 12.3 Å². The lowest BCUT2D eigenvalue weighted by atomic mass is 10.1. The minimum absolute atomic E-state index is 0.0896. The normalized spacial score (nSPS) is 12.1. The quantitative estimate of drug-likeness (QED) is 0.843. The van der Waals surface area contributed by atoms with Crippen LogP contribution in [-0.2, 0) is 0 Å². The van der Waals surface area contributed by atoms with E-state index in [4.69, 9.17) is 5.73 Å². The second kappa shape index (κ2) is 5.84. The molecule has 1 heterocycles. The largest absolute Gasteiger partial charge is 0.398 e. The zero-order valence-corrected chi connectivity index (χ0v) is 11.8. The molecule has 19 heavy (non-hydrogen) atoms. The fraction of sp³-hybridized carbons (Fsp3) is 0.286. The molecule has 0 saturated carbocycles. The van der Waals surface area contributed by atoms with Crippen LogP contribution >= 0.6 is 11.3 Å². The number of nitrogens with one attached hydrogen (secondary N) is 1. The van der Waals surface area contributed by atoms with Gasteiger partial charge in [0.05, 0.1) is 5.01 Å². The molecule has 2 aromatic rings. The summed E-state index contributed by atoms with van der Waals surface area (Å²) in [4.78, 5) is 16.4. The van der Waals surface area contributed by atoms with Gasteiger partial charge in [-0.2, -0.15) is 0 Å². The molecule has 0 aliphatic rings. The van der Waals surface area contributed by atoms with Crippen LogP contribution in [0.15, 0.2) is 29.8 Å². The van der Waals surface area contributed by atoms with E-state index in [9.17, 15) is 4.79 Å². The topological polar surface area (TPSA) is 68.0 Å². The Hall–Kier alpha value is -1.88. The summed E-state index contributed by atoms with van der Waals surface area (Å²) in [7, 11) is 0. The Kier molecular flexibility index (Phi) is 4.16. The van der Waals surface area contributed by atoms with Gasteiger partial charge >= 0.3 is 0 Å². The maximum atomic E-state index is 12.1. The first-order valence-electron chi connectivity index (χ1n) is 6.12. The lowest BCUT2D eigenvalue weighted by molar-refractivity contribution is 0.0951. The molecule has 2 rings (SSSR count). The van der Waals surface area contributed by atoms with Crippen LogP contribution in [-0.4, -0.2) is 17.4 Å². The molecule has 5 heteroatoms. The summed E-state index contributed by atoms with van der Waals surface area (Å²) in [6.07, 6.45) is 1.78. The number of nitrogens with two attached hydrogens (primary N) is 1. The molecule has 0 aliphatic carbocycles. The second-order valence-electron chi connectivity index (χ2n) is 4.50. The number of hydrogen-bond donors (Lipinski definition) is 2. The standard InChI is InChI=1S/C14H17N3OS/c1-9(14-16-6-7-19-14)8-17-13(18)11-4-3-5-12(15)10(11)2/h3-7,9H,8,15H2,1-2H3,(H,17,18). The van der Waals surface area contributed by atoms with Gasteiger partial charge in [-0.3, -0.25) is 4.79 Å². The smallest absolute Gasteiger partial charge is 0.251 e. The molecule has 0 fully saturated rings. The first kappa shape index (κ1) is 13.5. The van der Waals surface area contributed by atoms with Crippen LogP contribution in [0.3, 0.4) is 0 Å². The molecule has 0 spiro atoms. The second-order valence-corrected chi connectivity index (χ2v) is 5.43. The van der Waals surface area contributed by atoms with E-state index in [-0.39, 0.29) is 11.8 Å². The molecule has 1 atom stereocenters. The van der Waals surface area contributed by atoms with Crippen molar-refractivity contribution < 1.29 is 4.79 Å². The van der Waals surface area contributed by atoms with Crippen molar-refractivity contribution in [3.05, 3.63) is 45.9 Å². The minimum atomic E-state index is -0.0896. The monoisotopic (exact) mass is 275 g/mol. The third-order valence-electron chi connectivity index (χ3n) is 3.06. The number of thiazole rings is 1. The summed E-state index contributed by atoms with van der Waals surface area (Å²) in [6.45, 7) is 4.47. The number of carbonyl (C=O) groups excluding carboxylic acids is 1. The van der Waals surface area contributed by atoms with Gasteiger partial charge in [-0.15, -0.1) is 11.3 Å². The Morgan fingerprint density at radius 1 is 1.53 bits per heavy atom. The van der Waals surface area contributed by atoms with E-state index in [2.05, 4.69) is 10.3 Å². The van der Waals surface area contributed by atoms with Gasteiger partial charge in [0, 0.05) is 35.3 Å². The molecule has 1 amide bonds. The van der Waals surface area contributed by atoms with Crippen LogP contribution in [0.25, 0.3) is 0 Å². The van der Waals surface area contributed by atoms with E-state index < -0.39 is 0 Å². The first-order valence-corrected chi connectivity index (χ1v) is 7.00. The highest BCUT2D eigenvalue weighted by Crippen LogP contribution is 2.18. The average molecular weight is 275 g/mol. The predicted octanol–water partition coefficient (Wildman–Crippen LogP) is 2.57. The Morgan fingerprint density at radius 2 is 2.32 bits per heavy atom. The van der Waals surface area contributed by atoms with Crippen molar-refractivity contribution in [1.29, 1.82) is 0 Å². The molecule has 0 aliphatic heterocycles. The third-order valence-corrected chi connectivity index (χ3v) is 4.07. The molecule has 1 aromatic heterocycles. The van der Waals surface area contributed by atoms with Gasteiger partial charge in [-0.25, -0.2) is 4.98 Å². The molecule has 100 valence electrons. The van der Waals surface area contributed by atoms with Crippen LogP contribution in [0.4, 0.5) is 5.69 Å². The van der Waals surface area contributed by atoms with Gasteiger partial charge in [0.2, 0.25) is 0 Å². The number of carbonyl (C=O) groups is 1. The number of benzene rings is 1. The molecule has 0 bridgehead atoms. The molecular weight excluding hydrogens is 258 g/mol. The summed E-state index contributed by atoms with van der Waals surface area (Å²) < 4.78 is 0. The Bertz CT molecular complexity index is 566. The van der Waals surface area contributed by atoms with Crippen molar-refractivity contribution in [2.45, 2.75) is 19.8 Å². The van der Waals surface area contributed by atoms with Gasteiger partial charge in [-0.05, 0) is 24.6 Å². The Morgan fingerprint density at radius 3 is 3.00 bits per heavy atom.